The zero-order valence-electron chi connectivity index (χ0n) is 23.9. The van der Waals surface area contributed by atoms with Crippen LogP contribution in [0.1, 0.15) is 79.0 Å². The highest BCUT2D eigenvalue weighted by atomic mass is 16.3. The van der Waals surface area contributed by atoms with E-state index in [0.29, 0.717) is 0 Å². The maximum Gasteiger partial charge on any atom is 0.136 e. The number of fused-ring (bicyclic) bond motifs is 3. The van der Waals surface area contributed by atoms with Gasteiger partial charge in [-0.15, -0.1) is 0 Å². The fraction of sp³-hybridized carbons (Fsp3) is 0.333. The standard InChI is InChI=1S/C36H40O/c1-34(2,3)25-20-24(21-26(22-25)35(4,5)6)27-16-13-17-29-31(27)32-30(37-29)19-18-28(33(32)36(7,8)9)23-14-11-10-12-15-23/h10-22H,1-9H3. The van der Waals surface area contributed by atoms with Gasteiger partial charge in [-0.1, -0.05) is 129 Å². The Hall–Kier alpha value is -3.32. The average Bonchev–Trinajstić information content (AvgIpc) is 3.20. The highest BCUT2D eigenvalue weighted by Gasteiger charge is 2.27. The SMILES string of the molecule is CC(C)(C)c1cc(-c2cccc3oc4ccc(-c5ccccc5)c(C(C)(C)C)c4c23)cc(C(C)(C)C)c1. The third-order valence-corrected chi connectivity index (χ3v) is 7.47. The van der Waals surface area contributed by atoms with Gasteiger partial charge in [0, 0.05) is 10.8 Å². The van der Waals surface area contributed by atoms with Crippen molar-refractivity contribution < 1.29 is 4.42 Å². The lowest BCUT2D eigenvalue weighted by molar-refractivity contribution is 0.569. The van der Waals surface area contributed by atoms with Gasteiger partial charge < -0.3 is 4.42 Å². The summed E-state index contributed by atoms with van der Waals surface area (Å²) in [7, 11) is 0. The summed E-state index contributed by atoms with van der Waals surface area (Å²) in [4.78, 5) is 0. The zero-order valence-corrected chi connectivity index (χ0v) is 23.9. The molecular formula is C36H40O. The summed E-state index contributed by atoms with van der Waals surface area (Å²) in [5.41, 5.74) is 11.0. The van der Waals surface area contributed by atoms with Crippen LogP contribution in [0.2, 0.25) is 0 Å². The summed E-state index contributed by atoms with van der Waals surface area (Å²) in [5.74, 6) is 0. The molecule has 0 amide bonds. The summed E-state index contributed by atoms with van der Waals surface area (Å²) in [5, 5.41) is 2.45. The monoisotopic (exact) mass is 488 g/mol. The molecule has 1 heteroatoms. The van der Waals surface area contributed by atoms with Crippen LogP contribution < -0.4 is 0 Å². The van der Waals surface area contributed by atoms with Crippen molar-refractivity contribution in [2.75, 3.05) is 0 Å². The molecule has 4 aromatic carbocycles. The van der Waals surface area contributed by atoms with Gasteiger partial charge in [0.1, 0.15) is 11.2 Å². The predicted molar refractivity (Wildman–Crippen MR) is 161 cm³/mol. The highest BCUT2D eigenvalue weighted by molar-refractivity contribution is 6.15. The fourth-order valence-electron chi connectivity index (χ4n) is 5.44. The summed E-state index contributed by atoms with van der Waals surface area (Å²) < 4.78 is 6.54. The number of rotatable bonds is 2. The highest BCUT2D eigenvalue weighted by Crippen LogP contribution is 2.46. The average molecular weight is 489 g/mol. The molecule has 37 heavy (non-hydrogen) atoms. The van der Waals surface area contributed by atoms with E-state index in [4.69, 9.17) is 4.42 Å². The van der Waals surface area contributed by atoms with Crippen LogP contribution in [-0.2, 0) is 16.2 Å². The van der Waals surface area contributed by atoms with E-state index in [1.165, 1.54) is 49.7 Å². The largest absolute Gasteiger partial charge is 0.456 e. The fourth-order valence-corrected chi connectivity index (χ4v) is 5.44. The molecule has 1 heterocycles. The molecule has 190 valence electrons. The molecule has 0 aliphatic carbocycles. The first-order chi connectivity index (χ1) is 17.2. The van der Waals surface area contributed by atoms with Gasteiger partial charge >= 0.3 is 0 Å². The van der Waals surface area contributed by atoms with E-state index in [9.17, 15) is 0 Å². The molecule has 5 rings (SSSR count). The molecule has 0 saturated heterocycles. The van der Waals surface area contributed by atoms with E-state index in [2.05, 4.69) is 141 Å². The lowest BCUT2D eigenvalue weighted by Gasteiger charge is -2.27. The van der Waals surface area contributed by atoms with Gasteiger partial charge in [-0.25, -0.2) is 0 Å². The molecule has 0 aliphatic rings. The van der Waals surface area contributed by atoms with Gasteiger partial charge in [0.2, 0.25) is 0 Å². The second-order valence-electron chi connectivity index (χ2n) is 13.6. The first-order valence-electron chi connectivity index (χ1n) is 13.5. The smallest absolute Gasteiger partial charge is 0.136 e. The summed E-state index contributed by atoms with van der Waals surface area (Å²) in [6.45, 7) is 20.8. The minimum Gasteiger partial charge on any atom is -0.456 e. The van der Waals surface area contributed by atoms with E-state index in [-0.39, 0.29) is 16.2 Å². The molecule has 1 nitrogen and oxygen atoms in total. The molecule has 0 N–H and O–H groups in total. The van der Waals surface area contributed by atoms with Crippen LogP contribution in [0.15, 0.2) is 83.3 Å². The molecule has 0 spiro atoms. The first kappa shape index (κ1) is 25.3. The molecule has 1 aromatic heterocycles. The number of benzene rings is 4. The Labute approximate surface area is 222 Å². The Morgan fingerprint density at radius 2 is 1.05 bits per heavy atom. The molecule has 0 atom stereocenters. The third-order valence-electron chi connectivity index (χ3n) is 7.47. The van der Waals surface area contributed by atoms with Crippen molar-refractivity contribution in [3.8, 4) is 22.3 Å². The normalized spacial score (nSPS) is 13.0. The Morgan fingerprint density at radius 1 is 0.459 bits per heavy atom. The molecule has 0 unspecified atom stereocenters. The molecular weight excluding hydrogens is 448 g/mol. The van der Waals surface area contributed by atoms with Gasteiger partial charge in [-0.3, -0.25) is 0 Å². The number of furan rings is 1. The lowest BCUT2D eigenvalue weighted by Crippen LogP contribution is -2.16. The van der Waals surface area contributed by atoms with E-state index in [0.717, 1.165) is 11.2 Å². The van der Waals surface area contributed by atoms with Crippen molar-refractivity contribution in [3.63, 3.8) is 0 Å². The molecule has 0 aliphatic heterocycles. The van der Waals surface area contributed by atoms with Crippen LogP contribution in [0.5, 0.6) is 0 Å². The quantitative estimate of drug-likeness (QED) is 0.241. The summed E-state index contributed by atoms with van der Waals surface area (Å²) in [6, 6.07) is 28.8. The molecule has 0 radical (unpaired) electrons. The van der Waals surface area contributed by atoms with Crippen LogP contribution >= 0.6 is 0 Å². The Balaban J connectivity index is 1.92. The van der Waals surface area contributed by atoms with Crippen molar-refractivity contribution >= 4 is 21.9 Å². The van der Waals surface area contributed by atoms with E-state index in [1.54, 1.807) is 0 Å². The van der Waals surface area contributed by atoms with Crippen LogP contribution in [-0.4, -0.2) is 0 Å². The van der Waals surface area contributed by atoms with E-state index < -0.39 is 0 Å². The van der Waals surface area contributed by atoms with Gasteiger partial charge in [0.05, 0.1) is 0 Å². The maximum atomic E-state index is 6.54. The molecule has 0 saturated carbocycles. The predicted octanol–water partition coefficient (Wildman–Crippen LogP) is 10.8. The topological polar surface area (TPSA) is 13.1 Å². The summed E-state index contributed by atoms with van der Waals surface area (Å²) >= 11 is 0. The van der Waals surface area contributed by atoms with Crippen LogP contribution in [0.25, 0.3) is 44.2 Å². The van der Waals surface area contributed by atoms with Crippen molar-refractivity contribution in [1.29, 1.82) is 0 Å². The zero-order chi connectivity index (χ0) is 26.8. The molecule has 0 fully saturated rings. The number of hydrogen-bond donors (Lipinski definition) is 0. The van der Waals surface area contributed by atoms with Gasteiger partial charge in [0.15, 0.2) is 0 Å². The second kappa shape index (κ2) is 8.62. The Kier molecular flexibility index (Phi) is 5.90. The van der Waals surface area contributed by atoms with Crippen LogP contribution in [0.3, 0.4) is 0 Å². The molecule has 5 aromatic rings. The third kappa shape index (κ3) is 4.61. The van der Waals surface area contributed by atoms with Gasteiger partial charge in [-0.2, -0.15) is 0 Å². The van der Waals surface area contributed by atoms with Crippen molar-refractivity contribution in [1.82, 2.24) is 0 Å². The Morgan fingerprint density at radius 3 is 1.62 bits per heavy atom. The minimum atomic E-state index is -0.0710. The van der Waals surface area contributed by atoms with E-state index in [1.807, 2.05) is 0 Å². The van der Waals surface area contributed by atoms with Crippen molar-refractivity contribution in [3.05, 3.63) is 95.6 Å². The van der Waals surface area contributed by atoms with Crippen molar-refractivity contribution in [2.45, 2.75) is 78.6 Å². The molecule has 0 bridgehead atoms. The van der Waals surface area contributed by atoms with Crippen LogP contribution in [0, 0.1) is 0 Å². The van der Waals surface area contributed by atoms with Crippen molar-refractivity contribution in [2.24, 2.45) is 0 Å². The minimum absolute atomic E-state index is 0.0550. The first-order valence-corrected chi connectivity index (χ1v) is 13.5. The van der Waals surface area contributed by atoms with Gasteiger partial charge in [-0.05, 0) is 67.3 Å². The Bertz CT molecular complexity index is 1560. The van der Waals surface area contributed by atoms with E-state index >= 15 is 0 Å². The second-order valence-corrected chi connectivity index (χ2v) is 13.6. The number of hydrogen-bond acceptors (Lipinski definition) is 1. The van der Waals surface area contributed by atoms with Crippen LogP contribution in [0.4, 0.5) is 0 Å². The lowest BCUT2D eigenvalue weighted by atomic mass is 9.77. The van der Waals surface area contributed by atoms with Gasteiger partial charge in [0.25, 0.3) is 0 Å². The summed E-state index contributed by atoms with van der Waals surface area (Å²) in [6.07, 6.45) is 0. The maximum absolute atomic E-state index is 6.54.